The molecule has 0 aromatic rings. The van der Waals surface area contributed by atoms with E-state index in [1.54, 1.807) is 0 Å². The van der Waals surface area contributed by atoms with Gasteiger partial charge in [0, 0.05) is 37.3 Å². The number of rotatable bonds is 3. The van der Waals surface area contributed by atoms with Crippen LogP contribution in [0.25, 0.3) is 0 Å². The van der Waals surface area contributed by atoms with Crippen LogP contribution in [0.4, 0.5) is 0 Å². The van der Waals surface area contributed by atoms with Gasteiger partial charge in [0.15, 0.2) is 0 Å². The fourth-order valence-corrected chi connectivity index (χ4v) is 3.66. The molecule has 2 fully saturated rings. The summed E-state index contributed by atoms with van der Waals surface area (Å²) in [6.45, 7) is 3.42. The molecule has 6 heteroatoms. The molecule has 5 nitrogen and oxygen atoms in total. The van der Waals surface area contributed by atoms with Crippen LogP contribution in [0.5, 0.6) is 0 Å². The molecule has 0 saturated carbocycles. The third kappa shape index (κ3) is 4.28. The van der Waals surface area contributed by atoms with Crippen LogP contribution in [0.3, 0.4) is 0 Å². The molecule has 1 atom stereocenters. The number of halogens is 1. The van der Waals surface area contributed by atoms with Crippen molar-refractivity contribution in [3.8, 4) is 0 Å². The molecule has 0 bridgehead atoms. The Morgan fingerprint density at radius 2 is 2.17 bits per heavy atom. The molecule has 2 aliphatic heterocycles. The second-order valence-electron chi connectivity index (χ2n) is 6.51. The zero-order valence-electron chi connectivity index (χ0n) is 13.8. The highest BCUT2D eigenvalue weighted by molar-refractivity contribution is 6.31. The van der Waals surface area contributed by atoms with Crippen molar-refractivity contribution in [3.63, 3.8) is 0 Å². The average molecular weight is 350 g/mol. The van der Waals surface area contributed by atoms with Crippen molar-refractivity contribution in [1.29, 1.82) is 0 Å². The number of amides is 2. The van der Waals surface area contributed by atoms with Crippen LogP contribution >= 0.6 is 11.6 Å². The number of piperazine rings is 1. The van der Waals surface area contributed by atoms with Gasteiger partial charge in [0.05, 0.1) is 13.0 Å². The Kier molecular flexibility index (Phi) is 5.74. The molecule has 1 unspecified atom stereocenters. The molecular weight excluding hydrogens is 326 g/mol. The van der Waals surface area contributed by atoms with Gasteiger partial charge in [0.1, 0.15) is 0 Å². The van der Waals surface area contributed by atoms with E-state index in [9.17, 15) is 9.59 Å². The van der Waals surface area contributed by atoms with Gasteiger partial charge in [0.25, 0.3) is 0 Å². The predicted octanol–water partition coefficient (Wildman–Crippen LogP) is 1.81. The van der Waals surface area contributed by atoms with Gasteiger partial charge in [-0.05, 0) is 30.9 Å². The first-order chi connectivity index (χ1) is 11.6. The molecule has 0 radical (unpaired) electrons. The summed E-state index contributed by atoms with van der Waals surface area (Å²) in [7, 11) is 0. The molecule has 3 aliphatic rings. The Balaban J connectivity index is 1.58. The number of piperidine rings is 1. The van der Waals surface area contributed by atoms with E-state index in [2.05, 4.69) is 5.32 Å². The Hall–Kier alpha value is -1.59. The van der Waals surface area contributed by atoms with Crippen molar-refractivity contribution in [1.82, 2.24) is 15.1 Å². The highest BCUT2D eigenvalue weighted by Crippen LogP contribution is 2.21. The van der Waals surface area contributed by atoms with Gasteiger partial charge in [-0.15, -0.1) is 0 Å². The lowest BCUT2D eigenvalue weighted by atomic mass is 10.0. The predicted molar refractivity (Wildman–Crippen MR) is 94.6 cm³/mol. The number of allylic oxidation sites excluding steroid dienone is 5. The third-order valence-electron chi connectivity index (χ3n) is 4.82. The number of carbonyl (C=O) groups excluding carboxylic acids is 2. The number of nitrogens with zero attached hydrogens (tertiary/aromatic N) is 2. The summed E-state index contributed by atoms with van der Waals surface area (Å²) >= 11 is 5.99. The first-order valence-electron chi connectivity index (χ1n) is 8.64. The van der Waals surface area contributed by atoms with Gasteiger partial charge in [0.2, 0.25) is 11.8 Å². The summed E-state index contributed by atoms with van der Waals surface area (Å²) in [5.41, 5.74) is 1.01. The molecule has 3 rings (SSSR count). The minimum atomic E-state index is 0.135. The quantitative estimate of drug-likeness (QED) is 0.845. The minimum absolute atomic E-state index is 0.135. The van der Waals surface area contributed by atoms with Crippen LogP contribution in [0.1, 0.15) is 25.7 Å². The van der Waals surface area contributed by atoms with Gasteiger partial charge < -0.3 is 15.1 Å². The average Bonchev–Trinajstić information content (AvgIpc) is 2.80. The van der Waals surface area contributed by atoms with Crippen molar-refractivity contribution in [2.75, 3.05) is 32.7 Å². The number of carbonyl (C=O) groups is 2. The molecule has 1 N–H and O–H groups in total. The maximum Gasteiger partial charge on any atom is 0.236 e. The van der Waals surface area contributed by atoms with Gasteiger partial charge >= 0.3 is 0 Å². The Bertz CT molecular complexity index is 597. The Labute approximate surface area is 148 Å². The fraction of sp³-hybridized carbons (Fsp3) is 0.556. The molecular formula is C18H24ClN3O2. The van der Waals surface area contributed by atoms with E-state index in [-0.39, 0.29) is 17.9 Å². The van der Waals surface area contributed by atoms with Crippen LogP contribution < -0.4 is 5.32 Å². The molecule has 1 aliphatic carbocycles. The van der Waals surface area contributed by atoms with Crippen molar-refractivity contribution in [3.05, 3.63) is 34.9 Å². The Morgan fingerprint density at radius 1 is 1.29 bits per heavy atom. The molecule has 130 valence electrons. The summed E-state index contributed by atoms with van der Waals surface area (Å²) in [5.74, 6) is 0.284. The van der Waals surface area contributed by atoms with Crippen LogP contribution in [0.15, 0.2) is 34.9 Å². The lowest BCUT2D eigenvalue weighted by Gasteiger charge is -2.41. The molecule has 2 heterocycles. The monoisotopic (exact) mass is 349 g/mol. The molecule has 2 amide bonds. The summed E-state index contributed by atoms with van der Waals surface area (Å²) in [6.07, 6.45) is 10.8. The Morgan fingerprint density at radius 3 is 3.00 bits per heavy atom. The van der Waals surface area contributed by atoms with E-state index < -0.39 is 0 Å². The highest BCUT2D eigenvalue weighted by Gasteiger charge is 2.31. The second kappa shape index (κ2) is 7.99. The van der Waals surface area contributed by atoms with E-state index in [0.29, 0.717) is 24.5 Å². The van der Waals surface area contributed by atoms with E-state index >= 15 is 0 Å². The van der Waals surface area contributed by atoms with Crippen LogP contribution in [0, 0.1) is 0 Å². The summed E-state index contributed by atoms with van der Waals surface area (Å²) in [6, 6.07) is 0.159. The lowest BCUT2D eigenvalue weighted by Crippen LogP contribution is -2.57. The maximum absolute atomic E-state index is 12.7. The molecule has 0 aromatic carbocycles. The van der Waals surface area contributed by atoms with Crippen molar-refractivity contribution in [2.45, 2.75) is 31.7 Å². The summed E-state index contributed by atoms with van der Waals surface area (Å²) in [4.78, 5) is 28.6. The van der Waals surface area contributed by atoms with Crippen LogP contribution in [0.2, 0.25) is 0 Å². The topological polar surface area (TPSA) is 52.7 Å². The van der Waals surface area contributed by atoms with Crippen molar-refractivity contribution < 1.29 is 9.59 Å². The highest BCUT2D eigenvalue weighted by atomic mass is 35.5. The fourth-order valence-electron chi connectivity index (χ4n) is 3.51. The zero-order valence-corrected chi connectivity index (χ0v) is 14.6. The third-order valence-corrected chi connectivity index (χ3v) is 5.10. The van der Waals surface area contributed by atoms with Gasteiger partial charge in [-0.2, -0.15) is 0 Å². The van der Waals surface area contributed by atoms with E-state index in [1.165, 1.54) is 0 Å². The summed E-state index contributed by atoms with van der Waals surface area (Å²) in [5, 5.41) is 3.81. The minimum Gasteiger partial charge on any atom is -0.340 e. The van der Waals surface area contributed by atoms with Gasteiger partial charge in [-0.1, -0.05) is 29.8 Å². The SMILES string of the molecule is O=C(CC1=CCC=C(Cl)C=C1)N1CCCC(N2CCNCC2=O)C1. The van der Waals surface area contributed by atoms with Crippen molar-refractivity contribution in [2.24, 2.45) is 0 Å². The zero-order chi connectivity index (χ0) is 16.9. The van der Waals surface area contributed by atoms with E-state index in [0.717, 1.165) is 44.5 Å². The van der Waals surface area contributed by atoms with Crippen LogP contribution in [-0.2, 0) is 9.59 Å². The lowest BCUT2D eigenvalue weighted by molar-refractivity contribution is -0.140. The molecule has 0 spiro atoms. The molecule has 2 saturated heterocycles. The van der Waals surface area contributed by atoms with E-state index in [4.69, 9.17) is 11.6 Å². The van der Waals surface area contributed by atoms with Crippen molar-refractivity contribution >= 4 is 23.4 Å². The standard InChI is InChI=1S/C18H24ClN3O2/c19-15-4-1-3-14(6-7-15)11-17(23)21-9-2-5-16(13-21)22-10-8-20-12-18(22)24/h3-4,6-7,16,20H,1-2,5,8-13H2. The first-order valence-corrected chi connectivity index (χ1v) is 9.02. The maximum atomic E-state index is 12.7. The largest absolute Gasteiger partial charge is 0.340 e. The number of hydrogen-bond donors (Lipinski definition) is 1. The van der Waals surface area contributed by atoms with Gasteiger partial charge in [-0.25, -0.2) is 0 Å². The van der Waals surface area contributed by atoms with E-state index in [1.807, 2.05) is 34.1 Å². The smallest absolute Gasteiger partial charge is 0.236 e. The summed E-state index contributed by atoms with van der Waals surface area (Å²) < 4.78 is 0. The molecule has 24 heavy (non-hydrogen) atoms. The second-order valence-corrected chi connectivity index (χ2v) is 6.95. The number of hydrogen-bond acceptors (Lipinski definition) is 3. The normalized spacial score (nSPS) is 25.2. The molecule has 0 aromatic heterocycles. The van der Waals surface area contributed by atoms with Gasteiger partial charge in [-0.3, -0.25) is 9.59 Å². The first kappa shape index (κ1) is 17.2. The van der Waals surface area contributed by atoms with Crippen LogP contribution in [-0.4, -0.2) is 60.4 Å². The number of nitrogens with one attached hydrogen (secondary N) is 1. The number of likely N-dealkylation sites (tertiary alicyclic amines) is 1.